The average molecular weight is 369 g/mol. The Hall–Kier alpha value is -2.73. The normalized spacial score (nSPS) is 16.3. The first kappa shape index (κ1) is 19.0. The van der Waals surface area contributed by atoms with Gasteiger partial charge in [0.15, 0.2) is 0 Å². The van der Waals surface area contributed by atoms with Crippen molar-refractivity contribution in [2.45, 2.75) is 20.3 Å². The molecule has 1 heterocycles. The minimum atomic E-state index is -0.438. The summed E-state index contributed by atoms with van der Waals surface area (Å²) in [6, 6.07) is 8.27. The first-order chi connectivity index (χ1) is 12.9. The van der Waals surface area contributed by atoms with Crippen LogP contribution in [-0.2, 0) is 4.74 Å². The van der Waals surface area contributed by atoms with Crippen molar-refractivity contribution >= 4 is 17.3 Å². The third kappa shape index (κ3) is 3.85. The molecule has 1 amide bonds. The number of ether oxygens (including phenoxy) is 1. The highest BCUT2D eigenvalue weighted by Gasteiger charge is 2.23. The molecule has 6 heteroatoms. The highest BCUT2D eigenvalue weighted by molar-refractivity contribution is 6.05. The van der Waals surface area contributed by atoms with E-state index in [4.69, 9.17) is 15.9 Å². The van der Waals surface area contributed by atoms with Crippen LogP contribution in [0.25, 0.3) is 11.1 Å². The van der Waals surface area contributed by atoms with Gasteiger partial charge in [0.1, 0.15) is 5.82 Å². The maximum absolute atomic E-state index is 14.4. The lowest BCUT2D eigenvalue weighted by atomic mass is 9.91. The number of rotatable bonds is 5. The first-order valence-corrected chi connectivity index (χ1v) is 9.07. The average Bonchev–Trinajstić information content (AvgIpc) is 3.18. The third-order valence-corrected chi connectivity index (χ3v) is 4.93. The number of carbonyl (C=O) groups is 1. The van der Waals surface area contributed by atoms with E-state index in [2.05, 4.69) is 5.32 Å². The van der Waals surface area contributed by atoms with Crippen molar-refractivity contribution in [1.29, 1.82) is 5.41 Å². The Bertz CT molecular complexity index is 889. The third-order valence-electron chi connectivity index (χ3n) is 4.93. The zero-order chi connectivity index (χ0) is 19.6. The molecule has 0 radical (unpaired) electrons. The smallest absolute Gasteiger partial charge is 0.251 e. The Morgan fingerprint density at radius 2 is 2.15 bits per heavy atom. The second-order valence-corrected chi connectivity index (χ2v) is 6.77. The van der Waals surface area contributed by atoms with Crippen LogP contribution in [0.2, 0.25) is 0 Å². The highest BCUT2D eigenvalue weighted by atomic mass is 19.1. The molecule has 4 N–H and O–H groups in total. The van der Waals surface area contributed by atoms with E-state index in [-0.39, 0.29) is 17.4 Å². The van der Waals surface area contributed by atoms with Crippen LogP contribution in [0.3, 0.4) is 0 Å². The topological polar surface area (TPSA) is 88.2 Å². The largest absolute Gasteiger partial charge is 0.398 e. The fourth-order valence-corrected chi connectivity index (χ4v) is 3.33. The summed E-state index contributed by atoms with van der Waals surface area (Å²) < 4.78 is 19.7. The number of nitrogen functional groups attached to an aromatic ring is 1. The van der Waals surface area contributed by atoms with Gasteiger partial charge in [0.05, 0.1) is 6.61 Å². The molecular weight excluding hydrogens is 345 g/mol. The molecule has 1 aliphatic rings. The summed E-state index contributed by atoms with van der Waals surface area (Å²) >= 11 is 0. The number of nitrogens with one attached hydrogen (secondary N) is 2. The summed E-state index contributed by atoms with van der Waals surface area (Å²) in [5.41, 5.74) is 9.87. The molecule has 2 aromatic carbocycles. The van der Waals surface area contributed by atoms with Gasteiger partial charge in [-0.1, -0.05) is 12.1 Å². The van der Waals surface area contributed by atoms with E-state index < -0.39 is 5.82 Å². The van der Waals surface area contributed by atoms with Gasteiger partial charge in [-0.15, -0.1) is 0 Å². The van der Waals surface area contributed by atoms with Gasteiger partial charge in [0.25, 0.3) is 5.91 Å². The second kappa shape index (κ2) is 7.88. The molecule has 1 unspecified atom stereocenters. The molecule has 2 aromatic rings. The van der Waals surface area contributed by atoms with Crippen LogP contribution >= 0.6 is 0 Å². The van der Waals surface area contributed by atoms with Gasteiger partial charge < -0.3 is 21.2 Å². The molecule has 142 valence electrons. The van der Waals surface area contributed by atoms with Crippen molar-refractivity contribution in [3.05, 3.63) is 52.8 Å². The number of hydrogen-bond acceptors (Lipinski definition) is 4. The Morgan fingerprint density at radius 1 is 1.37 bits per heavy atom. The zero-order valence-electron chi connectivity index (χ0n) is 15.6. The summed E-state index contributed by atoms with van der Waals surface area (Å²) in [5.74, 6) is -0.698. The lowest BCUT2D eigenvalue weighted by Gasteiger charge is -2.15. The van der Waals surface area contributed by atoms with E-state index in [1.54, 1.807) is 25.1 Å². The second-order valence-electron chi connectivity index (χ2n) is 6.77. The molecule has 0 aliphatic carbocycles. The molecule has 1 aliphatic heterocycles. The maximum atomic E-state index is 14.4. The standard InChI is InChI=1S/C21H24FN3O2/c1-3-25-21(26)15-8-17(12(2)18(22)9-15)13-4-5-16(19(23)10-13)20(24)14-6-7-27-11-14/h4-5,8-10,14,24H,3,6-7,11,23H2,1-2H3,(H,25,26). The molecule has 0 saturated carbocycles. The number of halogens is 1. The Balaban J connectivity index is 1.98. The van der Waals surface area contributed by atoms with Crippen LogP contribution in [0.4, 0.5) is 10.1 Å². The van der Waals surface area contributed by atoms with Crippen LogP contribution in [0, 0.1) is 24.1 Å². The van der Waals surface area contributed by atoms with E-state index in [1.165, 1.54) is 6.07 Å². The molecule has 1 fully saturated rings. The van der Waals surface area contributed by atoms with E-state index in [0.717, 1.165) is 6.42 Å². The fraction of sp³-hybridized carbons (Fsp3) is 0.333. The van der Waals surface area contributed by atoms with Crippen molar-refractivity contribution < 1.29 is 13.9 Å². The fourth-order valence-electron chi connectivity index (χ4n) is 3.33. The summed E-state index contributed by atoms with van der Waals surface area (Å²) in [4.78, 5) is 12.1. The molecule has 27 heavy (non-hydrogen) atoms. The van der Waals surface area contributed by atoms with Gasteiger partial charge in [0.2, 0.25) is 0 Å². The molecule has 1 saturated heterocycles. The Kier molecular flexibility index (Phi) is 5.56. The lowest BCUT2D eigenvalue weighted by molar-refractivity contribution is 0.0955. The summed E-state index contributed by atoms with van der Waals surface area (Å²) in [6.45, 7) is 5.16. The summed E-state index contributed by atoms with van der Waals surface area (Å²) in [7, 11) is 0. The number of nitrogens with two attached hydrogens (primary N) is 1. The van der Waals surface area contributed by atoms with E-state index in [1.807, 2.05) is 13.0 Å². The maximum Gasteiger partial charge on any atom is 0.251 e. The van der Waals surface area contributed by atoms with Gasteiger partial charge >= 0.3 is 0 Å². The van der Waals surface area contributed by atoms with Crippen LogP contribution in [0.15, 0.2) is 30.3 Å². The predicted molar refractivity (Wildman–Crippen MR) is 105 cm³/mol. The van der Waals surface area contributed by atoms with Crippen molar-refractivity contribution in [2.75, 3.05) is 25.5 Å². The van der Waals surface area contributed by atoms with Crippen LogP contribution < -0.4 is 11.1 Å². The minimum absolute atomic E-state index is 0.0541. The quantitative estimate of drug-likeness (QED) is 0.556. The molecule has 1 atom stereocenters. The highest BCUT2D eigenvalue weighted by Crippen LogP contribution is 2.31. The zero-order valence-corrected chi connectivity index (χ0v) is 15.6. The number of amides is 1. The molecule has 0 aromatic heterocycles. The summed E-state index contributed by atoms with van der Waals surface area (Å²) in [6.07, 6.45) is 0.818. The molecule has 3 rings (SSSR count). The van der Waals surface area contributed by atoms with Crippen LogP contribution in [-0.4, -0.2) is 31.4 Å². The van der Waals surface area contributed by atoms with Gasteiger partial charge in [-0.3, -0.25) is 4.79 Å². The SMILES string of the molecule is CCNC(=O)c1cc(F)c(C)c(-c2ccc(C(=N)C3CCOC3)c(N)c2)c1. The molecular formula is C21H24FN3O2. The van der Waals surface area contributed by atoms with Gasteiger partial charge in [-0.2, -0.15) is 0 Å². The number of anilines is 1. The van der Waals surface area contributed by atoms with Crippen molar-refractivity contribution in [3.63, 3.8) is 0 Å². The molecule has 5 nitrogen and oxygen atoms in total. The van der Waals surface area contributed by atoms with E-state index in [0.29, 0.717) is 53.4 Å². The van der Waals surface area contributed by atoms with Gasteiger partial charge in [-0.05, 0) is 55.2 Å². The first-order valence-electron chi connectivity index (χ1n) is 9.07. The van der Waals surface area contributed by atoms with Crippen LogP contribution in [0.1, 0.15) is 34.8 Å². The Morgan fingerprint density at radius 3 is 2.78 bits per heavy atom. The van der Waals surface area contributed by atoms with Crippen molar-refractivity contribution in [3.8, 4) is 11.1 Å². The monoisotopic (exact) mass is 369 g/mol. The summed E-state index contributed by atoms with van der Waals surface area (Å²) in [5, 5.41) is 11.1. The lowest BCUT2D eigenvalue weighted by Crippen LogP contribution is -2.23. The number of hydrogen-bond donors (Lipinski definition) is 3. The van der Waals surface area contributed by atoms with Gasteiger partial charge in [0, 0.05) is 41.6 Å². The molecule has 0 spiro atoms. The molecule has 0 bridgehead atoms. The number of benzene rings is 2. The van der Waals surface area contributed by atoms with Gasteiger partial charge in [-0.25, -0.2) is 4.39 Å². The van der Waals surface area contributed by atoms with E-state index in [9.17, 15) is 9.18 Å². The minimum Gasteiger partial charge on any atom is -0.398 e. The van der Waals surface area contributed by atoms with Crippen molar-refractivity contribution in [1.82, 2.24) is 5.32 Å². The van der Waals surface area contributed by atoms with Crippen LogP contribution in [0.5, 0.6) is 0 Å². The Labute approximate surface area is 158 Å². The number of carbonyl (C=O) groups excluding carboxylic acids is 1. The predicted octanol–water partition coefficient (Wildman–Crippen LogP) is 3.54. The van der Waals surface area contributed by atoms with Crippen molar-refractivity contribution in [2.24, 2.45) is 5.92 Å². The van der Waals surface area contributed by atoms with E-state index >= 15 is 0 Å².